The number of benzene rings is 2. The van der Waals surface area contributed by atoms with Crippen molar-refractivity contribution >= 4 is 39.2 Å². The third-order valence-corrected chi connectivity index (χ3v) is 3.98. The van der Waals surface area contributed by atoms with Crippen LogP contribution in [0.5, 0.6) is 0 Å². The van der Waals surface area contributed by atoms with Crippen LogP contribution in [0.25, 0.3) is 0 Å². The minimum absolute atomic E-state index is 0.240. The Labute approximate surface area is 130 Å². The SMILES string of the molecule is CN(Cc1ccccc1Br)c1cc(Cl)ccc1C(=O)O. The van der Waals surface area contributed by atoms with Gasteiger partial charge in [0.25, 0.3) is 0 Å². The molecule has 0 saturated heterocycles. The van der Waals surface area contributed by atoms with Crippen LogP contribution in [0.1, 0.15) is 15.9 Å². The summed E-state index contributed by atoms with van der Waals surface area (Å²) >= 11 is 9.46. The van der Waals surface area contributed by atoms with Crippen molar-refractivity contribution in [2.45, 2.75) is 6.54 Å². The Morgan fingerprint density at radius 2 is 2.00 bits per heavy atom. The van der Waals surface area contributed by atoms with Gasteiger partial charge < -0.3 is 10.0 Å². The predicted octanol–water partition coefficient (Wildman–Crippen LogP) is 4.44. The van der Waals surface area contributed by atoms with Crippen LogP contribution >= 0.6 is 27.5 Å². The Balaban J connectivity index is 2.34. The highest BCUT2D eigenvalue weighted by Gasteiger charge is 2.14. The van der Waals surface area contributed by atoms with E-state index in [1.807, 2.05) is 36.2 Å². The lowest BCUT2D eigenvalue weighted by Crippen LogP contribution is -2.19. The van der Waals surface area contributed by atoms with Gasteiger partial charge >= 0.3 is 5.97 Å². The summed E-state index contributed by atoms with van der Waals surface area (Å²) in [6.07, 6.45) is 0. The molecule has 0 atom stereocenters. The quantitative estimate of drug-likeness (QED) is 0.882. The average molecular weight is 355 g/mol. The monoisotopic (exact) mass is 353 g/mol. The summed E-state index contributed by atoms with van der Waals surface area (Å²) in [5.41, 5.74) is 1.91. The van der Waals surface area contributed by atoms with Gasteiger partial charge in [-0.15, -0.1) is 0 Å². The molecule has 3 nitrogen and oxygen atoms in total. The molecule has 0 spiro atoms. The van der Waals surface area contributed by atoms with Crippen molar-refractivity contribution in [2.24, 2.45) is 0 Å². The van der Waals surface area contributed by atoms with Gasteiger partial charge in [-0.3, -0.25) is 0 Å². The van der Waals surface area contributed by atoms with Gasteiger partial charge in [0, 0.05) is 23.1 Å². The lowest BCUT2D eigenvalue weighted by molar-refractivity contribution is 0.0697. The Bertz CT molecular complexity index is 646. The highest BCUT2D eigenvalue weighted by molar-refractivity contribution is 9.10. The van der Waals surface area contributed by atoms with E-state index in [9.17, 15) is 9.90 Å². The number of carboxylic acids is 1. The van der Waals surface area contributed by atoms with Gasteiger partial charge in [0.05, 0.1) is 11.3 Å². The topological polar surface area (TPSA) is 40.5 Å². The molecule has 20 heavy (non-hydrogen) atoms. The number of anilines is 1. The standard InChI is InChI=1S/C15H13BrClNO2/c1-18(9-10-4-2-3-5-13(10)16)14-8-11(17)6-7-12(14)15(19)20/h2-8H,9H2,1H3,(H,19,20). The molecule has 0 saturated carbocycles. The zero-order chi connectivity index (χ0) is 14.7. The molecule has 2 aromatic rings. The van der Waals surface area contributed by atoms with Crippen LogP contribution in [-0.2, 0) is 6.54 Å². The molecular weight excluding hydrogens is 342 g/mol. The van der Waals surface area contributed by atoms with Crippen molar-refractivity contribution in [3.05, 3.63) is 63.1 Å². The fourth-order valence-electron chi connectivity index (χ4n) is 1.97. The number of halogens is 2. The first-order chi connectivity index (χ1) is 9.49. The van der Waals surface area contributed by atoms with Crippen molar-refractivity contribution in [1.29, 1.82) is 0 Å². The molecule has 0 fully saturated rings. The Kier molecular flexibility index (Phi) is 4.68. The zero-order valence-electron chi connectivity index (χ0n) is 10.8. The normalized spacial score (nSPS) is 10.3. The molecule has 0 amide bonds. The third-order valence-electron chi connectivity index (χ3n) is 2.97. The molecule has 2 aromatic carbocycles. The van der Waals surface area contributed by atoms with Gasteiger partial charge in [-0.2, -0.15) is 0 Å². The second kappa shape index (κ2) is 6.29. The fraction of sp³-hybridized carbons (Fsp3) is 0.133. The molecule has 0 unspecified atom stereocenters. The van der Waals surface area contributed by atoms with E-state index >= 15 is 0 Å². The number of rotatable bonds is 4. The molecule has 0 aliphatic heterocycles. The van der Waals surface area contributed by atoms with Crippen LogP contribution in [-0.4, -0.2) is 18.1 Å². The van der Waals surface area contributed by atoms with Gasteiger partial charge in [-0.25, -0.2) is 4.79 Å². The molecule has 0 aliphatic carbocycles. The highest BCUT2D eigenvalue weighted by Crippen LogP contribution is 2.27. The van der Waals surface area contributed by atoms with Crippen molar-refractivity contribution in [2.75, 3.05) is 11.9 Å². The van der Waals surface area contributed by atoms with Crippen molar-refractivity contribution in [3.8, 4) is 0 Å². The largest absolute Gasteiger partial charge is 0.478 e. The fourth-order valence-corrected chi connectivity index (χ4v) is 2.55. The van der Waals surface area contributed by atoms with Gasteiger partial charge in [0.2, 0.25) is 0 Å². The van der Waals surface area contributed by atoms with E-state index in [1.54, 1.807) is 12.1 Å². The number of nitrogens with zero attached hydrogens (tertiary/aromatic N) is 1. The maximum atomic E-state index is 11.3. The van der Waals surface area contributed by atoms with E-state index in [0.29, 0.717) is 17.3 Å². The predicted molar refractivity (Wildman–Crippen MR) is 84.7 cm³/mol. The first kappa shape index (κ1) is 14.9. The number of hydrogen-bond acceptors (Lipinski definition) is 2. The highest BCUT2D eigenvalue weighted by atomic mass is 79.9. The van der Waals surface area contributed by atoms with E-state index < -0.39 is 5.97 Å². The Morgan fingerprint density at radius 3 is 2.65 bits per heavy atom. The number of aromatic carboxylic acids is 1. The number of carbonyl (C=O) groups is 1. The first-order valence-corrected chi connectivity index (χ1v) is 7.13. The smallest absolute Gasteiger partial charge is 0.337 e. The molecule has 0 bridgehead atoms. The molecule has 0 aliphatic rings. The molecule has 104 valence electrons. The van der Waals surface area contributed by atoms with E-state index in [0.717, 1.165) is 10.0 Å². The molecule has 5 heteroatoms. The van der Waals surface area contributed by atoms with Gasteiger partial charge in [-0.05, 0) is 29.8 Å². The van der Waals surface area contributed by atoms with Gasteiger partial charge in [-0.1, -0.05) is 45.7 Å². The number of carboxylic acid groups (broad SMARTS) is 1. The summed E-state index contributed by atoms with van der Waals surface area (Å²) in [7, 11) is 1.84. The van der Waals surface area contributed by atoms with Gasteiger partial charge in [0.1, 0.15) is 0 Å². The summed E-state index contributed by atoms with van der Waals surface area (Å²) in [4.78, 5) is 13.1. The maximum absolute atomic E-state index is 11.3. The van der Waals surface area contributed by atoms with Crippen LogP contribution in [0.15, 0.2) is 46.9 Å². The van der Waals surface area contributed by atoms with Crippen LogP contribution < -0.4 is 4.90 Å². The molecule has 2 rings (SSSR count). The Hall–Kier alpha value is -1.52. The molecular formula is C15H13BrClNO2. The molecule has 1 N–H and O–H groups in total. The molecule has 0 heterocycles. The van der Waals surface area contributed by atoms with Crippen molar-refractivity contribution in [3.63, 3.8) is 0 Å². The first-order valence-electron chi connectivity index (χ1n) is 5.96. The van der Waals surface area contributed by atoms with E-state index in [1.165, 1.54) is 6.07 Å². The minimum atomic E-state index is -0.962. The van der Waals surface area contributed by atoms with E-state index in [2.05, 4.69) is 15.9 Å². The lowest BCUT2D eigenvalue weighted by Gasteiger charge is -2.22. The second-order valence-corrected chi connectivity index (χ2v) is 5.70. The summed E-state index contributed by atoms with van der Waals surface area (Å²) < 4.78 is 0.991. The summed E-state index contributed by atoms with van der Waals surface area (Å²) in [6.45, 7) is 0.585. The molecule has 0 aromatic heterocycles. The minimum Gasteiger partial charge on any atom is -0.478 e. The summed E-state index contributed by atoms with van der Waals surface area (Å²) in [5.74, 6) is -0.962. The molecule has 0 radical (unpaired) electrons. The number of hydrogen-bond donors (Lipinski definition) is 1. The van der Waals surface area contributed by atoms with Crippen LogP contribution in [0.4, 0.5) is 5.69 Å². The van der Waals surface area contributed by atoms with Crippen molar-refractivity contribution < 1.29 is 9.90 Å². The average Bonchev–Trinajstić information content (AvgIpc) is 2.40. The van der Waals surface area contributed by atoms with Crippen molar-refractivity contribution in [1.82, 2.24) is 0 Å². The maximum Gasteiger partial charge on any atom is 0.337 e. The van der Waals surface area contributed by atoms with Crippen LogP contribution in [0.2, 0.25) is 5.02 Å². The van der Waals surface area contributed by atoms with E-state index in [4.69, 9.17) is 11.6 Å². The summed E-state index contributed by atoms with van der Waals surface area (Å²) in [6, 6.07) is 12.6. The van der Waals surface area contributed by atoms with E-state index in [-0.39, 0.29) is 5.56 Å². The Morgan fingerprint density at radius 1 is 1.30 bits per heavy atom. The van der Waals surface area contributed by atoms with Crippen LogP contribution in [0, 0.1) is 0 Å². The van der Waals surface area contributed by atoms with Gasteiger partial charge in [0.15, 0.2) is 0 Å². The second-order valence-electron chi connectivity index (χ2n) is 4.41. The third kappa shape index (κ3) is 3.32. The zero-order valence-corrected chi connectivity index (χ0v) is 13.1. The summed E-state index contributed by atoms with van der Waals surface area (Å²) in [5, 5.41) is 9.76. The lowest BCUT2D eigenvalue weighted by atomic mass is 10.1. The van der Waals surface area contributed by atoms with Crippen LogP contribution in [0.3, 0.4) is 0 Å².